The summed E-state index contributed by atoms with van der Waals surface area (Å²) in [5.74, 6) is 1.16. The highest BCUT2D eigenvalue weighted by Crippen LogP contribution is 2.49. The van der Waals surface area contributed by atoms with E-state index >= 15 is 0 Å². The third-order valence-corrected chi connectivity index (χ3v) is 17.4. The number of piperidine rings is 1. The van der Waals surface area contributed by atoms with Gasteiger partial charge in [0.2, 0.25) is 0 Å². The molecule has 0 radical (unpaired) electrons. The predicted octanol–water partition coefficient (Wildman–Crippen LogP) is 9.67. The molecule has 5 aliphatic rings. The maximum Gasteiger partial charge on any atom is 0.268 e. The normalized spacial score (nSPS) is 23.8. The average Bonchev–Trinajstić information content (AvgIpc) is 4.01. The van der Waals surface area contributed by atoms with Crippen LogP contribution in [0, 0.1) is 16.2 Å². The van der Waals surface area contributed by atoms with Crippen molar-refractivity contribution < 1.29 is 27.8 Å². The van der Waals surface area contributed by atoms with Gasteiger partial charge in [-0.05, 0) is 160 Å². The maximum atomic E-state index is 14.3. The summed E-state index contributed by atoms with van der Waals surface area (Å²) in [6.45, 7) is 14.0. The Morgan fingerprint density at radius 1 is 0.929 bits per heavy atom. The number of benzene rings is 3. The zero-order chi connectivity index (χ0) is 48.6. The molecule has 5 aromatic rings. The van der Waals surface area contributed by atoms with Crippen LogP contribution < -0.4 is 24.4 Å². The van der Waals surface area contributed by atoms with Crippen molar-refractivity contribution in [2.24, 2.45) is 16.5 Å². The highest BCUT2D eigenvalue weighted by atomic mass is 32.2. The lowest BCUT2D eigenvalue weighted by Gasteiger charge is -2.57. The first-order valence-electron chi connectivity index (χ1n) is 25.5. The lowest BCUT2D eigenvalue weighted by atomic mass is 9.70. The zero-order valence-electron chi connectivity index (χ0n) is 40.8. The van der Waals surface area contributed by atoms with Crippen LogP contribution in [0.5, 0.6) is 17.4 Å². The number of amides is 1. The number of aliphatic hydroxyl groups is 1. The fourth-order valence-electron chi connectivity index (χ4n) is 11.7. The molecule has 1 spiro atoms. The molecular weight excluding hydrogens is 905 g/mol. The number of carbonyl (C=O) groups is 1. The lowest BCUT2D eigenvalue weighted by molar-refractivity contribution is -0.0493. The summed E-state index contributed by atoms with van der Waals surface area (Å²) >= 11 is 0. The summed E-state index contributed by atoms with van der Waals surface area (Å²) in [6.07, 6.45) is 11.8. The first-order chi connectivity index (χ1) is 33.7. The number of sulfonamides is 1. The van der Waals surface area contributed by atoms with Crippen molar-refractivity contribution in [1.29, 1.82) is 0 Å². The van der Waals surface area contributed by atoms with E-state index in [2.05, 4.69) is 73.0 Å². The number of fused-ring (bicyclic) bond motifs is 1. The van der Waals surface area contributed by atoms with Crippen LogP contribution in [0.15, 0.2) is 89.1 Å². The minimum Gasteiger partial charge on any atom is -0.474 e. The number of pyridine rings is 1. The Morgan fingerprint density at radius 3 is 2.46 bits per heavy atom. The number of anilines is 2. The van der Waals surface area contributed by atoms with Gasteiger partial charge < -0.3 is 29.8 Å². The molecule has 5 fully saturated rings. The number of nitrogens with one attached hydrogen (secondary N) is 3. The molecule has 2 aromatic heterocycles. The Morgan fingerprint density at radius 2 is 1.71 bits per heavy atom. The van der Waals surface area contributed by atoms with Gasteiger partial charge in [0.15, 0.2) is 5.75 Å². The molecule has 0 bridgehead atoms. The maximum absolute atomic E-state index is 14.3. The predicted molar refractivity (Wildman–Crippen MR) is 273 cm³/mol. The van der Waals surface area contributed by atoms with Crippen LogP contribution in [0.4, 0.5) is 17.1 Å². The first kappa shape index (κ1) is 48.1. The second-order valence-corrected chi connectivity index (χ2v) is 23.0. The molecule has 2 saturated carbocycles. The number of carbonyl (C=O) groups excluding carboxylic acids is 1. The van der Waals surface area contributed by atoms with E-state index < -0.39 is 21.5 Å². The molecule has 372 valence electrons. The van der Waals surface area contributed by atoms with Crippen molar-refractivity contribution >= 4 is 44.0 Å². The molecule has 2 aliphatic carbocycles. The Bertz CT molecular complexity index is 2800. The average molecular weight is 973 g/mol. The van der Waals surface area contributed by atoms with Crippen LogP contribution in [0.1, 0.15) is 118 Å². The second kappa shape index (κ2) is 19.9. The van der Waals surface area contributed by atoms with Gasteiger partial charge >= 0.3 is 0 Å². The summed E-state index contributed by atoms with van der Waals surface area (Å²) < 4.78 is 43.0. The third-order valence-electron chi connectivity index (χ3n) is 16.1. The van der Waals surface area contributed by atoms with E-state index in [9.17, 15) is 23.2 Å². The van der Waals surface area contributed by atoms with Crippen LogP contribution in [0.2, 0.25) is 0 Å². The molecule has 70 heavy (non-hydrogen) atoms. The van der Waals surface area contributed by atoms with Crippen molar-refractivity contribution in [2.75, 3.05) is 69.2 Å². The number of H-pyrrole nitrogens is 1. The minimum atomic E-state index is -4.49. The van der Waals surface area contributed by atoms with Crippen LogP contribution in [-0.2, 0) is 10.0 Å². The second-order valence-electron chi connectivity index (χ2n) is 21.3. The number of rotatable bonds is 17. The van der Waals surface area contributed by atoms with Crippen molar-refractivity contribution in [3.8, 4) is 17.4 Å². The van der Waals surface area contributed by atoms with Crippen LogP contribution in [0.3, 0.4) is 0 Å². The minimum absolute atomic E-state index is 0.000209. The molecule has 5 heterocycles. The Hall–Kier alpha value is -5.55. The van der Waals surface area contributed by atoms with Gasteiger partial charge in [-0.1, -0.05) is 44.5 Å². The summed E-state index contributed by atoms with van der Waals surface area (Å²) in [7, 11) is -4.49. The lowest BCUT2D eigenvalue weighted by Crippen LogP contribution is -2.63. The van der Waals surface area contributed by atoms with Crippen LogP contribution >= 0.6 is 0 Å². The fourth-order valence-corrected chi connectivity index (χ4v) is 12.7. The van der Waals surface area contributed by atoms with Gasteiger partial charge in [-0.15, -0.1) is 4.91 Å². The van der Waals surface area contributed by atoms with Gasteiger partial charge in [0.05, 0.1) is 21.7 Å². The highest BCUT2D eigenvalue weighted by Gasteiger charge is 2.49. The van der Waals surface area contributed by atoms with Gasteiger partial charge in [0.1, 0.15) is 23.7 Å². The molecule has 3 saturated heterocycles. The number of nitrogens with zero attached hydrogens (tertiary/aromatic N) is 5. The Labute approximate surface area is 411 Å². The molecule has 4 N–H and O–H groups in total. The molecule has 3 aromatic carbocycles. The molecule has 0 unspecified atom stereocenters. The van der Waals surface area contributed by atoms with E-state index in [0.29, 0.717) is 61.0 Å². The summed E-state index contributed by atoms with van der Waals surface area (Å²) in [6, 6.07) is 22.6. The molecule has 15 nitrogen and oxygen atoms in total. The number of aromatic amines is 1. The number of ether oxygens (including phenoxy) is 2. The number of hydrogen-bond acceptors (Lipinski definition) is 13. The van der Waals surface area contributed by atoms with E-state index in [4.69, 9.17) is 14.5 Å². The smallest absolute Gasteiger partial charge is 0.268 e. The van der Waals surface area contributed by atoms with Crippen LogP contribution in [-0.4, -0.2) is 110 Å². The summed E-state index contributed by atoms with van der Waals surface area (Å²) in [5, 5.41) is 17.5. The Kier molecular flexibility index (Phi) is 13.7. The van der Waals surface area contributed by atoms with Gasteiger partial charge in [0, 0.05) is 68.6 Å². The first-order valence-corrected chi connectivity index (χ1v) is 27.0. The van der Waals surface area contributed by atoms with Crippen molar-refractivity contribution in [3.05, 3.63) is 101 Å². The number of nitroso groups, excluding NO2 is 1. The molecule has 3 aliphatic heterocycles. The van der Waals surface area contributed by atoms with Crippen molar-refractivity contribution in [2.45, 2.75) is 113 Å². The van der Waals surface area contributed by atoms with Crippen LogP contribution in [0.25, 0.3) is 11.0 Å². The number of likely N-dealkylation sites (tertiary alicyclic amines) is 2. The topological polar surface area (TPSA) is 182 Å². The quantitative estimate of drug-likeness (QED) is 0.0649. The largest absolute Gasteiger partial charge is 0.474 e. The van der Waals surface area contributed by atoms with Crippen molar-refractivity contribution in [1.82, 2.24) is 24.5 Å². The van der Waals surface area contributed by atoms with Crippen molar-refractivity contribution in [3.63, 3.8) is 0 Å². The monoisotopic (exact) mass is 972 g/mol. The highest BCUT2D eigenvalue weighted by molar-refractivity contribution is 7.90. The summed E-state index contributed by atoms with van der Waals surface area (Å²) in [5.41, 5.74) is 4.40. The zero-order valence-corrected chi connectivity index (χ0v) is 41.6. The van der Waals surface area contributed by atoms with E-state index in [1.165, 1.54) is 48.6 Å². The Balaban J connectivity index is 0.867. The van der Waals surface area contributed by atoms with E-state index in [1.54, 1.807) is 12.3 Å². The van der Waals surface area contributed by atoms with Gasteiger partial charge in [-0.25, -0.2) is 13.1 Å². The van der Waals surface area contributed by atoms with Gasteiger partial charge in [-0.3, -0.25) is 14.6 Å². The number of hydrogen-bond donors (Lipinski definition) is 4. The van der Waals surface area contributed by atoms with E-state index in [1.807, 2.05) is 31.2 Å². The summed E-state index contributed by atoms with van der Waals surface area (Å²) in [4.78, 5) is 41.3. The molecule has 1 amide bonds. The van der Waals surface area contributed by atoms with Gasteiger partial charge in [-0.2, -0.15) is 4.98 Å². The standard InChI is InChI=1S/C54H68N8O7S/c1-36(2)41-8-4-5-9-42(41)43-10-6-11-47(43)62-34-54(35-62)21-26-61(27-22-54)39-12-14-44(48(31-39)69-49-30-38-18-23-55-50(38)57-52(49)68-29-28-60-24-7-25-60)51(63)59-70(66,67)40-13-15-45(46(32-40)58-65)56-33-37-16-19-53(3,64)20-17-37/h4-5,8-9,12-15,18,23,30-32,36-37,43,47,56,64H,6-7,10-11,16-17,19-22,24-29,33-35H2,1-3H3,(H,55,57)(H,59,63)/t37?,43-,47-,53?/m0/s1. The number of aromatic nitrogens is 2. The molecular formula is C54H68N8O7S. The molecule has 16 heteroatoms. The SMILES string of the molecule is CC(C)c1ccccc1[C@@H]1CCC[C@@H]1N1CC2(CCN(c3ccc(C(=O)NS(=O)(=O)c4ccc(NCC5CCC(C)(O)CC5)c(N=O)c4)c(Oc4cc5cc[nH]c5nc4OCCN4CCC4)c3)CC2)C1. The van der Waals surface area contributed by atoms with Gasteiger partial charge in [0.25, 0.3) is 21.8 Å². The van der Waals surface area contributed by atoms with E-state index in [-0.39, 0.29) is 39.1 Å². The molecule has 10 rings (SSSR count). The fraction of sp³-hybridized carbons (Fsp3) is 0.519. The third kappa shape index (κ3) is 10.3. The molecule has 2 atom stereocenters. The van der Waals surface area contributed by atoms with E-state index in [0.717, 1.165) is 89.0 Å².